The minimum atomic E-state index is -0.994. The predicted octanol–water partition coefficient (Wildman–Crippen LogP) is 2.06. The van der Waals surface area contributed by atoms with E-state index >= 15 is 0 Å². The molecule has 0 aliphatic heterocycles. The van der Waals surface area contributed by atoms with Crippen molar-refractivity contribution < 1.29 is 19.4 Å². The van der Waals surface area contributed by atoms with Gasteiger partial charge in [0.05, 0.1) is 24.1 Å². The molecule has 104 valence electrons. The molecule has 6 heteroatoms. The van der Waals surface area contributed by atoms with Crippen LogP contribution in [0, 0.1) is 0 Å². The van der Waals surface area contributed by atoms with E-state index in [2.05, 4.69) is 21.2 Å². The molecule has 1 aromatic carbocycles. The highest BCUT2D eigenvalue weighted by Gasteiger charge is 2.30. The first-order valence-electron chi connectivity index (χ1n) is 5.66. The number of aliphatic carboxylic acids is 1. The zero-order valence-electron chi connectivity index (χ0n) is 10.8. The van der Waals surface area contributed by atoms with Crippen molar-refractivity contribution >= 4 is 27.8 Å². The molecule has 0 aliphatic carbocycles. The number of ether oxygens (including phenoxy) is 1. The minimum absolute atomic E-state index is 0.121. The minimum Gasteiger partial charge on any atom is -0.481 e. The topological polar surface area (TPSA) is 75.6 Å². The molecular formula is C13H16BrNO4. The van der Waals surface area contributed by atoms with Crippen molar-refractivity contribution in [1.82, 2.24) is 5.32 Å². The molecule has 0 radical (unpaired) electrons. The molecule has 0 fully saturated rings. The van der Waals surface area contributed by atoms with Gasteiger partial charge >= 0.3 is 5.97 Å². The summed E-state index contributed by atoms with van der Waals surface area (Å²) in [6, 6.07) is 6.95. The number of benzene rings is 1. The molecule has 0 aliphatic rings. The first kappa shape index (κ1) is 15.7. The number of amides is 1. The van der Waals surface area contributed by atoms with Crippen molar-refractivity contribution in [1.29, 1.82) is 0 Å². The van der Waals surface area contributed by atoms with E-state index in [0.29, 0.717) is 10.0 Å². The van der Waals surface area contributed by atoms with Crippen molar-refractivity contribution in [3.8, 4) is 0 Å². The van der Waals surface area contributed by atoms with E-state index in [1.54, 1.807) is 31.2 Å². The van der Waals surface area contributed by atoms with Crippen LogP contribution in [0.15, 0.2) is 28.7 Å². The lowest BCUT2D eigenvalue weighted by molar-refractivity contribution is -0.139. The summed E-state index contributed by atoms with van der Waals surface area (Å²) in [5, 5.41) is 11.6. The van der Waals surface area contributed by atoms with Crippen LogP contribution in [-0.2, 0) is 9.53 Å². The molecule has 19 heavy (non-hydrogen) atoms. The normalized spacial score (nSPS) is 13.6. The van der Waals surface area contributed by atoms with Crippen molar-refractivity contribution in [3.63, 3.8) is 0 Å². The van der Waals surface area contributed by atoms with Crippen molar-refractivity contribution in [2.45, 2.75) is 18.9 Å². The average Bonchev–Trinajstić information content (AvgIpc) is 2.27. The summed E-state index contributed by atoms with van der Waals surface area (Å²) in [6.07, 6.45) is -0.211. The lowest BCUT2D eigenvalue weighted by Gasteiger charge is -2.28. The Bertz CT molecular complexity index is 477. The fraction of sp³-hybridized carbons (Fsp3) is 0.385. The molecule has 5 nitrogen and oxygen atoms in total. The molecule has 0 aromatic heterocycles. The number of rotatable bonds is 6. The number of carbonyl (C=O) groups excluding carboxylic acids is 1. The first-order valence-corrected chi connectivity index (χ1v) is 6.45. The molecule has 2 N–H and O–H groups in total. The fourth-order valence-electron chi connectivity index (χ4n) is 1.77. The Morgan fingerprint density at radius 3 is 2.58 bits per heavy atom. The second-order valence-corrected chi connectivity index (χ2v) is 5.35. The quantitative estimate of drug-likeness (QED) is 0.837. The van der Waals surface area contributed by atoms with Crippen molar-refractivity contribution in [2.75, 3.05) is 13.7 Å². The Labute approximate surface area is 120 Å². The molecule has 0 saturated heterocycles. The number of carboxylic acids is 1. The Morgan fingerprint density at radius 1 is 1.42 bits per heavy atom. The Morgan fingerprint density at radius 2 is 2.05 bits per heavy atom. The van der Waals surface area contributed by atoms with E-state index in [9.17, 15) is 9.59 Å². The van der Waals surface area contributed by atoms with Gasteiger partial charge in [-0.15, -0.1) is 0 Å². The van der Waals surface area contributed by atoms with Crippen LogP contribution in [0.5, 0.6) is 0 Å². The van der Waals surface area contributed by atoms with E-state index in [1.807, 2.05) is 0 Å². The van der Waals surface area contributed by atoms with E-state index in [-0.39, 0.29) is 18.9 Å². The van der Waals surface area contributed by atoms with E-state index in [0.717, 1.165) is 0 Å². The van der Waals surface area contributed by atoms with Gasteiger partial charge in [-0.1, -0.05) is 12.1 Å². The Kier molecular flexibility index (Phi) is 5.50. The van der Waals surface area contributed by atoms with Crippen LogP contribution in [0.2, 0.25) is 0 Å². The Hall–Kier alpha value is -1.40. The molecule has 0 bridgehead atoms. The lowest BCUT2D eigenvalue weighted by Crippen LogP contribution is -2.50. The van der Waals surface area contributed by atoms with Gasteiger partial charge in [0.25, 0.3) is 5.91 Å². The second kappa shape index (κ2) is 6.68. The summed E-state index contributed by atoms with van der Waals surface area (Å²) >= 11 is 3.29. The third kappa shape index (κ3) is 4.65. The van der Waals surface area contributed by atoms with Gasteiger partial charge < -0.3 is 15.2 Å². The predicted molar refractivity (Wildman–Crippen MR) is 74.1 cm³/mol. The van der Waals surface area contributed by atoms with Gasteiger partial charge in [0.2, 0.25) is 0 Å². The van der Waals surface area contributed by atoms with Gasteiger partial charge in [-0.3, -0.25) is 9.59 Å². The standard InChI is InChI=1S/C13H16BrNO4/c1-13(8-19-2,7-11(16)17)15-12(18)9-5-3-4-6-10(9)14/h3-6H,7-8H2,1-2H3,(H,15,18)(H,16,17). The van der Waals surface area contributed by atoms with E-state index in [1.165, 1.54) is 7.11 Å². The molecule has 0 spiro atoms. The van der Waals surface area contributed by atoms with Crippen LogP contribution in [0.4, 0.5) is 0 Å². The highest BCUT2D eigenvalue weighted by Crippen LogP contribution is 2.18. The van der Waals surface area contributed by atoms with Crippen LogP contribution in [0.3, 0.4) is 0 Å². The molecule has 1 atom stereocenters. The van der Waals surface area contributed by atoms with Gasteiger partial charge in [0.1, 0.15) is 0 Å². The van der Waals surface area contributed by atoms with E-state index < -0.39 is 11.5 Å². The second-order valence-electron chi connectivity index (χ2n) is 4.50. The maximum atomic E-state index is 12.1. The van der Waals surface area contributed by atoms with Crippen molar-refractivity contribution in [2.24, 2.45) is 0 Å². The highest BCUT2D eigenvalue weighted by atomic mass is 79.9. The molecule has 1 amide bonds. The maximum Gasteiger partial charge on any atom is 0.305 e. The highest BCUT2D eigenvalue weighted by molar-refractivity contribution is 9.10. The molecule has 1 rings (SSSR count). The number of carboxylic acid groups (broad SMARTS) is 1. The Balaban J connectivity index is 2.88. The lowest BCUT2D eigenvalue weighted by atomic mass is 9.98. The number of hydrogen-bond donors (Lipinski definition) is 2. The van der Waals surface area contributed by atoms with Gasteiger partial charge in [0, 0.05) is 11.6 Å². The fourth-order valence-corrected chi connectivity index (χ4v) is 2.24. The number of carbonyl (C=O) groups is 2. The summed E-state index contributed by atoms with van der Waals surface area (Å²) in [5.41, 5.74) is -0.498. The van der Waals surface area contributed by atoms with Crippen LogP contribution in [0.25, 0.3) is 0 Å². The summed E-state index contributed by atoms with van der Waals surface area (Å²) < 4.78 is 5.64. The average molecular weight is 330 g/mol. The number of hydrogen-bond acceptors (Lipinski definition) is 3. The first-order chi connectivity index (χ1) is 8.88. The molecular weight excluding hydrogens is 314 g/mol. The zero-order chi connectivity index (χ0) is 14.5. The smallest absolute Gasteiger partial charge is 0.305 e. The largest absolute Gasteiger partial charge is 0.481 e. The van der Waals surface area contributed by atoms with Crippen LogP contribution in [-0.4, -0.2) is 36.2 Å². The monoisotopic (exact) mass is 329 g/mol. The van der Waals surface area contributed by atoms with Gasteiger partial charge in [-0.25, -0.2) is 0 Å². The number of methoxy groups -OCH3 is 1. The summed E-state index contributed by atoms with van der Waals surface area (Å²) in [4.78, 5) is 23.0. The molecule has 1 unspecified atom stereocenters. The van der Waals surface area contributed by atoms with Crippen molar-refractivity contribution in [3.05, 3.63) is 34.3 Å². The third-order valence-electron chi connectivity index (χ3n) is 2.54. The summed E-state index contributed by atoms with van der Waals surface area (Å²) in [7, 11) is 1.46. The SMILES string of the molecule is COCC(C)(CC(=O)O)NC(=O)c1ccccc1Br. The molecule has 0 heterocycles. The van der Waals surface area contributed by atoms with E-state index in [4.69, 9.17) is 9.84 Å². The number of halogens is 1. The van der Waals surface area contributed by atoms with Crippen LogP contribution < -0.4 is 5.32 Å². The summed E-state index contributed by atoms with van der Waals surface area (Å²) in [5.74, 6) is -1.33. The van der Waals surface area contributed by atoms with Crippen LogP contribution in [0.1, 0.15) is 23.7 Å². The van der Waals surface area contributed by atoms with Crippen LogP contribution >= 0.6 is 15.9 Å². The zero-order valence-corrected chi connectivity index (χ0v) is 12.4. The third-order valence-corrected chi connectivity index (χ3v) is 3.23. The molecule has 1 aromatic rings. The van der Waals surface area contributed by atoms with Gasteiger partial charge in [-0.05, 0) is 35.0 Å². The van der Waals surface area contributed by atoms with Gasteiger partial charge in [-0.2, -0.15) is 0 Å². The maximum absolute atomic E-state index is 12.1. The van der Waals surface area contributed by atoms with Gasteiger partial charge in [0.15, 0.2) is 0 Å². The number of nitrogens with one attached hydrogen (secondary N) is 1. The summed E-state index contributed by atoms with van der Waals surface area (Å²) in [6.45, 7) is 1.76. The molecule has 0 saturated carbocycles.